The van der Waals surface area contributed by atoms with Crippen molar-refractivity contribution in [1.82, 2.24) is 0 Å². The molecule has 0 saturated carbocycles. The highest BCUT2D eigenvalue weighted by Gasteiger charge is 2.14. The third-order valence-corrected chi connectivity index (χ3v) is 2.96. The Morgan fingerprint density at radius 2 is 2.16 bits per heavy atom. The summed E-state index contributed by atoms with van der Waals surface area (Å²) in [5, 5.41) is 3.37. The quantitative estimate of drug-likeness (QED) is 0.494. The Bertz CT molecular complexity index is 488. The van der Waals surface area contributed by atoms with Crippen molar-refractivity contribution in [2.45, 2.75) is 12.8 Å². The van der Waals surface area contributed by atoms with E-state index >= 15 is 0 Å². The zero-order valence-electron chi connectivity index (χ0n) is 10.4. The summed E-state index contributed by atoms with van der Waals surface area (Å²) >= 11 is 3.24. The van der Waals surface area contributed by atoms with Crippen molar-refractivity contribution in [3.8, 4) is 0 Å². The molecular formula is C13H14BrNO4. The normalized spacial score (nSPS) is 9.79. The van der Waals surface area contributed by atoms with Gasteiger partial charge in [-0.3, -0.25) is 9.59 Å². The van der Waals surface area contributed by atoms with E-state index in [0.717, 1.165) is 5.33 Å². The van der Waals surface area contributed by atoms with Crippen LogP contribution in [0.15, 0.2) is 18.2 Å². The fraction of sp³-hybridized carbons (Fsp3) is 0.308. The summed E-state index contributed by atoms with van der Waals surface area (Å²) in [6, 6.07) is 4.43. The number of carbonyl (C=O) groups is 3. The number of benzene rings is 1. The van der Waals surface area contributed by atoms with Gasteiger partial charge in [0.2, 0.25) is 5.91 Å². The van der Waals surface area contributed by atoms with Crippen LogP contribution in [-0.2, 0) is 9.53 Å². The molecule has 1 amide bonds. The lowest BCUT2D eigenvalue weighted by Gasteiger charge is -2.10. The van der Waals surface area contributed by atoms with Crippen molar-refractivity contribution in [2.24, 2.45) is 0 Å². The Morgan fingerprint density at radius 1 is 1.42 bits per heavy atom. The van der Waals surface area contributed by atoms with Crippen molar-refractivity contribution in [3.05, 3.63) is 29.3 Å². The first-order chi connectivity index (χ1) is 9.12. The van der Waals surface area contributed by atoms with Crippen LogP contribution >= 0.6 is 15.9 Å². The van der Waals surface area contributed by atoms with E-state index in [1.165, 1.54) is 25.3 Å². The van der Waals surface area contributed by atoms with Crippen molar-refractivity contribution in [1.29, 1.82) is 0 Å². The smallest absolute Gasteiger partial charge is 0.339 e. The van der Waals surface area contributed by atoms with Crippen LogP contribution in [0.1, 0.15) is 33.6 Å². The van der Waals surface area contributed by atoms with Gasteiger partial charge in [0.15, 0.2) is 0 Å². The number of anilines is 1. The molecule has 0 spiro atoms. The zero-order valence-corrected chi connectivity index (χ0v) is 12.0. The summed E-state index contributed by atoms with van der Waals surface area (Å²) in [6.07, 6.45) is 1.68. The number of amides is 1. The van der Waals surface area contributed by atoms with E-state index in [0.29, 0.717) is 30.4 Å². The maximum atomic E-state index is 11.6. The molecule has 1 rings (SSSR count). The molecule has 1 aromatic rings. The molecule has 0 aliphatic rings. The minimum Gasteiger partial charge on any atom is -0.465 e. The highest BCUT2D eigenvalue weighted by atomic mass is 79.9. The molecule has 0 heterocycles. The van der Waals surface area contributed by atoms with Gasteiger partial charge in [0.25, 0.3) is 0 Å². The molecule has 0 aliphatic heterocycles. The second-order valence-electron chi connectivity index (χ2n) is 3.76. The summed E-state index contributed by atoms with van der Waals surface area (Å²) in [5.41, 5.74) is 0.857. The van der Waals surface area contributed by atoms with Gasteiger partial charge >= 0.3 is 5.97 Å². The summed E-state index contributed by atoms with van der Waals surface area (Å²) < 4.78 is 4.63. The van der Waals surface area contributed by atoms with E-state index in [4.69, 9.17) is 0 Å². The second kappa shape index (κ2) is 7.68. The summed E-state index contributed by atoms with van der Waals surface area (Å²) in [4.78, 5) is 33.9. The largest absolute Gasteiger partial charge is 0.465 e. The Morgan fingerprint density at radius 3 is 2.74 bits per heavy atom. The monoisotopic (exact) mass is 327 g/mol. The molecule has 0 atom stereocenters. The van der Waals surface area contributed by atoms with E-state index < -0.39 is 5.97 Å². The maximum Gasteiger partial charge on any atom is 0.339 e. The number of aldehydes is 1. The molecule has 0 aliphatic carbocycles. The number of ether oxygens (including phenoxy) is 1. The number of halogens is 1. The van der Waals surface area contributed by atoms with Crippen molar-refractivity contribution in [3.63, 3.8) is 0 Å². The fourth-order valence-electron chi connectivity index (χ4n) is 1.46. The third kappa shape index (κ3) is 4.48. The predicted octanol–water partition coefficient (Wildman–Crippen LogP) is 2.40. The van der Waals surface area contributed by atoms with Crippen LogP contribution in [0.25, 0.3) is 0 Å². The Kier molecular flexibility index (Phi) is 6.21. The van der Waals surface area contributed by atoms with Gasteiger partial charge in [0, 0.05) is 17.3 Å². The molecule has 0 bridgehead atoms. The van der Waals surface area contributed by atoms with Crippen molar-refractivity contribution < 1.29 is 19.1 Å². The fourth-order valence-corrected chi connectivity index (χ4v) is 1.74. The summed E-state index contributed by atoms with van der Waals surface area (Å²) in [7, 11) is 1.24. The molecule has 6 heteroatoms. The molecule has 1 aromatic carbocycles. The van der Waals surface area contributed by atoms with Crippen molar-refractivity contribution >= 4 is 39.8 Å². The van der Waals surface area contributed by atoms with Crippen LogP contribution in [0.2, 0.25) is 0 Å². The minimum atomic E-state index is -0.598. The number of hydrogen-bond donors (Lipinski definition) is 1. The molecule has 19 heavy (non-hydrogen) atoms. The lowest BCUT2D eigenvalue weighted by molar-refractivity contribution is -0.116. The zero-order chi connectivity index (χ0) is 14.3. The van der Waals surface area contributed by atoms with Gasteiger partial charge < -0.3 is 10.1 Å². The number of nitrogens with one attached hydrogen (secondary N) is 1. The first-order valence-corrected chi connectivity index (χ1v) is 6.78. The maximum absolute atomic E-state index is 11.6. The third-order valence-electron chi connectivity index (χ3n) is 2.40. The number of methoxy groups -OCH3 is 1. The molecule has 102 valence electrons. The van der Waals surface area contributed by atoms with E-state index in [-0.39, 0.29) is 11.5 Å². The first-order valence-electron chi connectivity index (χ1n) is 5.65. The lowest BCUT2D eigenvalue weighted by Crippen LogP contribution is -2.15. The average molecular weight is 328 g/mol. The predicted molar refractivity (Wildman–Crippen MR) is 74.8 cm³/mol. The van der Waals surface area contributed by atoms with Gasteiger partial charge in [-0.1, -0.05) is 15.9 Å². The molecular weight excluding hydrogens is 314 g/mol. The van der Waals surface area contributed by atoms with Gasteiger partial charge in [-0.05, 0) is 24.6 Å². The molecule has 0 radical (unpaired) electrons. The molecule has 0 fully saturated rings. The van der Waals surface area contributed by atoms with E-state index in [1.54, 1.807) is 0 Å². The lowest BCUT2D eigenvalue weighted by atomic mass is 10.1. The number of alkyl halides is 1. The van der Waals surface area contributed by atoms with E-state index in [1.807, 2.05) is 0 Å². The number of hydrogen-bond acceptors (Lipinski definition) is 4. The van der Waals surface area contributed by atoms with Crippen LogP contribution in [-0.4, -0.2) is 30.6 Å². The van der Waals surface area contributed by atoms with Crippen LogP contribution in [0.4, 0.5) is 5.69 Å². The van der Waals surface area contributed by atoms with Gasteiger partial charge in [0.05, 0.1) is 18.4 Å². The molecule has 0 saturated heterocycles. The molecule has 0 aromatic heterocycles. The number of carbonyl (C=O) groups excluding carboxylic acids is 3. The second-order valence-corrected chi connectivity index (χ2v) is 4.55. The standard InChI is InChI=1S/C13H14BrNO4/c1-19-13(18)10-7-9(8-16)4-5-11(10)15-12(17)3-2-6-14/h4-5,7-8H,2-3,6H2,1H3,(H,15,17). The van der Waals surface area contributed by atoms with Gasteiger partial charge in [0.1, 0.15) is 6.29 Å². The average Bonchev–Trinajstić information content (AvgIpc) is 2.44. The van der Waals surface area contributed by atoms with E-state index in [9.17, 15) is 14.4 Å². The number of rotatable bonds is 6. The van der Waals surface area contributed by atoms with Gasteiger partial charge in [-0.2, -0.15) is 0 Å². The van der Waals surface area contributed by atoms with Crippen LogP contribution < -0.4 is 5.32 Å². The Balaban J connectivity index is 2.95. The molecule has 0 unspecified atom stereocenters. The minimum absolute atomic E-state index is 0.166. The highest BCUT2D eigenvalue weighted by molar-refractivity contribution is 9.09. The van der Waals surface area contributed by atoms with Gasteiger partial charge in [-0.25, -0.2) is 4.79 Å². The molecule has 5 nitrogen and oxygen atoms in total. The van der Waals surface area contributed by atoms with Crippen LogP contribution in [0.5, 0.6) is 0 Å². The summed E-state index contributed by atoms with van der Waals surface area (Å²) in [5.74, 6) is -0.789. The van der Waals surface area contributed by atoms with Gasteiger partial charge in [-0.15, -0.1) is 0 Å². The number of esters is 1. The van der Waals surface area contributed by atoms with Crippen molar-refractivity contribution in [2.75, 3.05) is 17.8 Å². The topological polar surface area (TPSA) is 72.5 Å². The van der Waals surface area contributed by atoms with Crippen LogP contribution in [0.3, 0.4) is 0 Å². The van der Waals surface area contributed by atoms with Crippen LogP contribution in [0, 0.1) is 0 Å². The Hall–Kier alpha value is -1.69. The SMILES string of the molecule is COC(=O)c1cc(C=O)ccc1NC(=O)CCCBr. The Labute approximate surface area is 119 Å². The highest BCUT2D eigenvalue weighted by Crippen LogP contribution is 2.18. The first kappa shape index (κ1) is 15.4. The molecule has 1 N–H and O–H groups in total. The van der Waals surface area contributed by atoms with E-state index in [2.05, 4.69) is 26.0 Å². The summed E-state index contributed by atoms with van der Waals surface area (Å²) in [6.45, 7) is 0.